The molecule has 0 unspecified atom stereocenters. The molecule has 0 aliphatic carbocycles. The van der Waals surface area contributed by atoms with E-state index in [1.54, 1.807) is 23.9 Å². The Labute approximate surface area is 188 Å². The molecule has 0 heterocycles. The SMILES string of the molecule is Cc1ccccc1[C@@H](SCC(=O)Nc1ccc(S(=O)(=O)N(C)C)cc1)c1ccccc1. The zero-order valence-corrected chi connectivity index (χ0v) is 19.4. The second-order valence-electron chi connectivity index (χ2n) is 7.32. The first kappa shape index (κ1) is 23.1. The van der Waals surface area contributed by atoms with Crippen molar-refractivity contribution in [3.63, 3.8) is 0 Å². The molecule has 1 N–H and O–H groups in total. The number of anilines is 1. The van der Waals surface area contributed by atoms with Crippen molar-refractivity contribution in [1.82, 2.24) is 4.31 Å². The van der Waals surface area contributed by atoms with Crippen molar-refractivity contribution in [2.24, 2.45) is 0 Å². The summed E-state index contributed by atoms with van der Waals surface area (Å²) in [5, 5.41) is 2.90. The van der Waals surface area contributed by atoms with E-state index < -0.39 is 10.0 Å². The number of aryl methyl sites for hydroxylation is 1. The molecule has 0 saturated carbocycles. The van der Waals surface area contributed by atoms with Crippen LogP contribution in [0.3, 0.4) is 0 Å². The van der Waals surface area contributed by atoms with E-state index in [0.29, 0.717) is 5.69 Å². The van der Waals surface area contributed by atoms with Gasteiger partial charge in [-0.3, -0.25) is 4.79 Å². The fourth-order valence-corrected chi connectivity index (χ4v) is 5.24. The van der Waals surface area contributed by atoms with Gasteiger partial charge in [0.05, 0.1) is 15.9 Å². The minimum absolute atomic E-state index is 0.0424. The number of carbonyl (C=O) groups excluding carboxylic acids is 1. The lowest BCUT2D eigenvalue weighted by atomic mass is 10.0. The topological polar surface area (TPSA) is 66.5 Å². The Bertz CT molecular complexity index is 1130. The van der Waals surface area contributed by atoms with Crippen molar-refractivity contribution in [2.45, 2.75) is 17.1 Å². The standard InChI is InChI=1S/C24H26N2O3S2/c1-18-9-7-8-12-22(18)24(19-10-5-4-6-11-19)30-17-23(27)25-20-13-15-21(16-14-20)31(28,29)26(2)3/h4-16,24H,17H2,1-3H3,(H,25,27)/t24-/m0/s1. The summed E-state index contributed by atoms with van der Waals surface area (Å²) in [4.78, 5) is 12.8. The average Bonchev–Trinajstić information content (AvgIpc) is 2.76. The lowest BCUT2D eigenvalue weighted by molar-refractivity contribution is -0.113. The molecular weight excluding hydrogens is 428 g/mol. The van der Waals surface area contributed by atoms with Crippen molar-refractivity contribution in [2.75, 3.05) is 25.2 Å². The van der Waals surface area contributed by atoms with Crippen LogP contribution >= 0.6 is 11.8 Å². The molecule has 0 radical (unpaired) electrons. The molecule has 3 aromatic rings. The lowest BCUT2D eigenvalue weighted by Crippen LogP contribution is -2.22. The Morgan fingerprint density at radius 1 is 0.935 bits per heavy atom. The minimum atomic E-state index is -3.49. The van der Waals surface area contributed by atoms with Crippen LogP contribution in [0, 0.1) is 6.92 Å². The third-order valence-electron chi connectivity index (χ3n) is 4.87. The average molecular weight is 455 g/mol. The van der Waals surface area contributed by atoms with Crippen LogP contribution in [0.15, 0.2) is 83.8 Å². The number of hydrogen-bond acceptors (Lipinski definition) is 4. The Morgan fingerprint density at radius 3 is 2.16 bits per heavy atom. The summed E-state index contributed by atoms with van der Waals surface area (Å²) in [6.45, 7) is 2.08. The number of sulfonamides is 1. The highest BCUT2D eigenvalue weighted by molar-refractivity contribution is 8.00. The summed E-state index contributed by atoms with van der Waals surface area (Å²) in [7, 11) is -0.521. The maximum absolute atomic E-state index is 12.6. The summed E-state index contributed by atoms with van der Waals surface area (Å²) in [5.41, 5.74) is 4.08. The molecular formula is C24H26N2O3S2. The highest BCUT2D eigenvalue weighted by Crippen LogP contribution is 2.37. The van der Waals surface area contributed by atoms with Crippen LogP contribution in [0.5, 0.6) is 0 Å². The van der Waals surface area contributed by atoms with Crippen LogP contribution in [-0.2, 0) is 14.8 Å². The summed E-state index contributed by atoms with van der Waals surface area (Å²) in [6.07, 6.45) is 0. The van der Waals surface area contributed by atoms with E-state index in [4.69, 9.17) is 0 Å². The third-order valence-corrected chi connectivity index (χ3v) is 7.99. The molecule has 1 atom stereocenters. The number of rotatable bonds is 8. The van der Waals surface area contributed by atoms with E-state index in [0.717, 1.165) is 9.87 Å². The molecule has 0 fully saturated rings. The summed E-state index contributed by atoms with van der Waals surface area (Å²) < 4.78 is 25.5. The molecule has 0 aliphatic rings. The summed E-state index contributed by atoms with van der Waals surface area (Å²) in [6, 6.07) is 24.6. The van der Waals surface area contributed by atoms with Gasteiger partial charge >= 0.3 is 0 Å². The smallest absolute Gasteiger partial charge is 0.242 e. The van der Waals surface area contributed by atoms with Gasteiger partial charge in [0.25, 0.3) is 0 Å². The second-order valence-corrected chi connectivity index (χ2v) is 10.6. The van der Waals surface area contributed by atoms with E-state index in [-0.39, 0.29) is 21.8 Å². The fourth-order valence-electron chi connectivity index (χ4n) is 3.15. The van der Waals surface area contributed by atoms with Crippen molar-refractivity contribution in [3.8, 4) is 0 Å². The molecule has 3 rings (SSSR count). The molecule has 0 spiro atoms. The van der Waals surface area contributed by atoms with Gasteiger partial charge in [0.2, 0.25) is 15.9 Å². The van der Waals surface area contributed by atoms with E-state index in [1.807, 2.05) is 30.3 Å². The van der Waals surface area contributed by atoms with Gasteiger partial charge in [-0.05, 0) is 47.9 Å². The number of benzene rings is 3. The van der Waals surface area contributed by atoms with Crippen LogP contribution in [0.1, 0.15) is 21.9 Å². The number of thioether (sulfide) groups is 1. The van der Waals surface area contributed by atoms with Crippen molar-refractivity contribution in [1.29, 1.82) is 0 Å². The molecule has 0 aliphatic heterocycles. The molecule has 3 aromatic carbocycles. The Morgan fingerprint density at radius 2 is 1.55 bits per heavy atom. The van der Waals surface area contributed by atoms with Gasteiger partial charge < -0.3 is 5.32 Å². The van der Waals surface area contributed by atoms with Gasteiger partial charge in [0.15, 0.2) is 0 Å². The Balaban J connectivity index is 1.70. The molecule has 7 heteroatoms. The number of hydrogen-bond donors (Lipinski definition) is 1. The second kappa shape index (κ2) is 10.1. The van der Waals surface area contributed by atoms with Crippen LogP contribution < -0.4 is 5.32 Å². The molecule has 0 bridgehead atoms. The minimum Gasteiger partial charge on any atom is -0.325 e. The van der Waals surface area contributed by atoms with Crippen molar-refractivity contribution < 1.29 is 13.2 Å². The lowest BCUT2D eigenvalue weighted by Gasteiger charge is -2.19. The summed E-state index contributed by atoms with van der Waals surface area (Å²) in [5.74, 6) is 0.133. The third kappa shape index (κ3) is 5.76. The predicted octanol–water partition coefficient (Wildman–Crippen LogP) is 4.71. The molecule has 31 heavy (non-hydrogen) atoms. The maximum atomic E-state index is 12.6. The molecule has 5 nitrogen and oxygen atoms in total. The van der Waals surface area contributed by atoms with Gasteiger partial charge in [-0.25, -0.2) is 12.7 Å². The van der Waals surface area contributed by atoms with Crippen LogP contribution in [-0.4, -0.2) is 38.5 Å². The van der Waals surface area contributed by atoms with Gasteiger partial charge in [-0.2, -0.15) is 0 Å². The first-order valence-corrected chi connectivity index (χ1v) is 12.3. The van der Waals surface area contributed by atoms with Crippen LogP contribution in [0.25, 0.3) is 0 Å². The quantitative estimate of drug-likeness (QED) is 0.535. The highest BCUT2D eigenvalue weighted by Gasteiger charge is 2.19. The van der Waals surface area contributed by atoms with Gasteiger partial charge in [-0.15, -0.1) is 11.8 Å². The number of amides is 1. The van der Waals surface area contributed by atoms with Gasteiger partial charge in [0, 0.05) is 19.8 Å². The monoisotopic (exact) mass is 454 g/mol. The van der Waals surface area contributed by atoms with Gasteiger partial charge in [0.1, 0.15) is 0 Å². The molecule has 0 saturated heterocycles. The first-order chi connectivity index (χ1) is 14.8. The van der Waals surface area contributed by atoms with Gasteiger partial charge in [-0.1, -0.05) is 54.6 Å². The molecule has 1 amide bonds. The van der Waals surface area contributed by atoms with E-state index >= 15 is 0 Å². The highest BCUT2D eigenvalue weighted by atomic mass is 32.2. The fraction of sp³-hybridized carbons (Fsp3) is 0.208. The summed E-state index contributed by atoms with van der Waals surface area (Å²) >= 11 is 1.57. The Kier molecular flexibility index (Phi) is 7.54. The Hall–Kier alpha value is -2.61. The van der Waals surface area contributed by atoms with Crippen molar-refractivity contribution in [3.05, 3.63) is 95.6 Å². The normalized spacial score (nSPS) is 12.5. The zero-order valence-electron chi connectivity index (χ0n) is 17.8. The van der Waals surface area contributed by atoms with Crippen LogP contribution in [0.2, 0.25) is 0 Å². The van der Waals surface area contributed by atoms with E-state index in [1.165, 1.54) is 37.4 Å². The molecule has 0 aromatic heterocycles. The van der Waals surface area contributed by atoms with E-state index in [9.17, 15) is 13.2 Å². The van der Waals surface area contributed by atoms with E-state index in [2.05, 4.69) is 36.5 Å². The number of nitrogens with zero attached hydrogens (tertiary/aromatic N) is 1. The first-order valence-electron chi connectivity index (χ1n) is 9.83. The van der Waals surface area contributed by atoms with Crippen molar-refractivity contribution >= 4 is 33.4 Å². The maximum Gasteiger partial charge on any atom is 0.242 e. The predicted molar refractivity (Wildman–Crippen MR) is 128 cm³/mol. The zero-order chi connectivity index (χ0) is 22.4. The number of carbonyl (C=O) groups is 1. The van der Waals surface area contributed by atoms with Crippen LogP contribution in [0.4, 0.5) is 5.69 Å². The number of nitrogens with one attached hydrogen (secondary N) is 1. The largest absolute Gasteiger partial charge is 0.325 e. The molecule has 162 valence electrons.